The number of pyridine rings is 1. The predicted octanol–water partition coefficient (Wildman–Crippen LogP) is 2.24. The van der Waals surface area contributed by atoms with E-state index in [-0.39, 0.29) is 18.4 Å². The summed E-state index contributed by atoms with van der Waals surface area (Å²) in [5, 5.41) is 6.33. The molecule has 4 rings (SSSR count). The zero-order valence-corrected chi connectivity index (χ0v) is 22.6. The Hall–Kier alpha value is -3.58. The highest BCUT2D eigenvalue weighted by molar-refractivity contribution is 5.99. The third kappa shape index (κ3) is 7.79. The van der Waals surface area contributed by atoms with Crippen LogP contribution < -0.4 is 27.8 Å². The smallest absolute Gasteiger partial charge is 0.343 e. The number of fused-ring (bicyclic) bond motifs is 1. The summed E-state index contributed by atoms with van der Waals surface area (Å²) in [7, 11) is 0. The van der Waals surface area contributed by atoms with Crippen LogP contribution in [0.25, 0.3) is 10.9 Å². The minimum absolute atomic E-state index is 0.0302. The lowest BCUT2D eigenvalue weighted by Gasteiger charge is -2.44. The van der Waals surface area contributed by atoms with Gasteiger partial charge in [0.05, 0.1) is 29.0 Å². The number of rotatable bonds is 12. The molecule has 0 spiro atoms. The van der Waals surface area contributed by atoms with Crippen LogP contribution in [0.4, 0.5) is 18.9 Å². The summed E-state index contributed by atoms with van der Waals surface area (Å²) < 4.78 is 39.1. The fourth-order valence-corrected chi connectivity index (χ4v) is 5.16. The van der Waals surface area contributed by atoms with Gasteiger partial charge in [0.1, 0.15) is 6.04 Å². The van der Waals surface area contributed by atoms with Gasteiger partial charge < -0.3 is 27.8 Å². The van der Waals surface area contributed by atoms with Gasteiger partial charge in [0.15, 0.2) is 0 Å². The molecule has 1 heterocycles. The Kier molecular flexibility index (Phi) is 9.92. The number of nitrogens with two attached hydrogens (primary N) is 3. The number of amides is 2. The summed E-state index contributed by atoms with van der Waals surface area (Å²) in [5.41, 5.74) is 18.6. The van der Waals surface area contributed by atoms with Crippen LogP contribution in [-0.4, -0.2) is 66.0 Å². The van der Waals surface area contributed by atoms with Crippen LogP contribution in [0.1, 0.15) is 24.0 Å². The average molecular weight is 572 g/mol. The summed E-state index contributed by atoms with van der Waals surface area (Å²) in [5.74, 6) is -1.12. The molecular weight excluding hydrogens is 535 g/mol. The zero-order valence-electron chi connectivity index (χ0n) is 22.6. The van der Waals surface area contributed by atoms with Crippen molar-refractivity contribution in [3.05, 3.63) is 71.9 Å². The molecule has 2 atom stereocenters. The number of nitrogens with zero attached hydrogens (tertiary/aromatic N) is 2. The largest absolute Gasteiger partial charge is 0.416 e. The highest BCUT2D eigenvalue weighted by Crippen LogP contribution is 2.34. The number of hydrogen-bond acceptors (Lipinski definition) is 7. The molecule has 220 valence electrons. The number of aromatic nitrogens is 1. The first-order valence-electron chi connectivity index (χ1n) is 13.6. The fourth-order valence-electron chi connectivity index (χ4n) is 5.16. The first-order chi connectivity index (χ1) is 19.6. The predicted molar refractivity (Wildman–Crippen MR) is 152 cm³/mol. The Labute approximate surface area is 236 Å². The van der Waals surface area contributed by atoms with Crippen molar-refractivity contribution in [3.8, 4) is 0 Å². The minimum atomic E-state index is -4.48. The third-order valence-corrected chi connectivity index (χ3v) is 7.52. The molecule has 9 nitrogen and oxygen atoms in total. The lowest BCUT2D eigenvalue weighted by molar-refractivity contribution is -0.137. The second kappa shape index (κ2) is 13.4. The normalized spacial score (nSPS) is 18.5. The van der Waals surface area contributed by atoms with Crippen LogP contribution in [0, 0.1) is 5.92 Å². The number of carbonyl (C=O) groups is 2. The Morgan fingerprint density at radius 1 is 1.00 bits per heavy atom. The van der Waals surface area contributed by atoms with Crippen molar-refractivity contribution >= 4 is 28.4 Å². The van der Waals surface area contributed by atoms with Gasteiger partial charge in [-0.15, -0.1) is 0 Å². The number of carbonyl (C=O) groups excluding carboxylic acids is 2. The Balaban J connectivity index is 1.46. The van der Waals surface area contributed by atoms with Gasteiger partial charge in [-0.1, -0.05) is 30.3 Å². The second-order valence-electron chi connectivity index (χ2n) is 10.4. The topological polar surface area (TPSA) is 152 Å². The summed E-state index contributed by atoms with van der Waals surface area (Å²) in [6.07, 6.45) is -1.60. The quantitative estimate of drug-likeness (QED) is 0.224. The SMILES string of the molecule is NCCN(CCN)C1CC(C(N)C(=O)NC(Cc2ccc(C(F)(F)F)cc2)C(=O)Nc2cnc3ccccc3c2)C1. The van der Waals surface area contributed by atoms with Crippen molar-refractivity contribution in [2.75, 3.05) is 31.5 Å². The van der Waals surface area contributed by atoms with Crippen LogP contribution in [0.5, 0.6) is 0 Å². The number of anilines is 1. The van der Waals surface area contributed by atoms with Crippen LogP contribution in [-0.2, 0) is 22.2 Å². The molecule has 8 N–H and O–H groups in total. The van der Waals surface area contributed by atoms with Gasteiger partial charge in [0.25, 0.3) is 0 Å². The molecule has 3 aromatic rings. The van der Waals surface area contributed by atoms with Crippen molar-refractivity contribution < 1.29 is 22.8 Å². The highest BCUT2D eigenvalue weighted by Gasteiger charge is 2.40. The molecule has 0 saturated heterocycles. The highest BCUT2D eigenvalue weighted by atomic mass is 19.4. The van der Waals surface area contributed by atoms with Gasteiger partial charge >= 0.3 is 6.18 Å². The number of para-hydroxylation sites is 1. The van der Waals surface area contributed by atoms with Gasteiger partial charge in [-0.05, 0) is 48.6 Å². The van der Waals surface area contributed by atoms with E-state index in [1.165, 1.54) is 18.3 Å². The monoisotopic (exact) mass is 571 g/mol. The first kappa shape index (κ1) is 30.4. The summed E-state index contributed by atoms with van der Waals surface area (Å²) in [4.78, 5) is 33.1. The molecule has 0 radical (unpaired) electrons. The van der Waals surface area contributed by atoms with Gasteiger partial charge in [-0.2, -0.15) is 13.2 Å². The summed E-state index contributed by atoms with van der Waals surface area (Å²) >= 11 is 0. The minimum Gasteiger partial charge on any atom is -0.343 e. The van der Waals surface area contributed by atoms with Crippen LogP contribution in [0.15, 0.2) is 60.8 Å². The van der Waals surface area contributed by atoms with E-state index >= 15 is 0 Å². The molecular formula is C29H36F3N7O2. The number of benzene rings is 2. The molecule has 2 amide bonds. The molecule has 1 fully saturated rings. The van der Waals surface area contributed by atoms with E-state index in [0.717, 1.165) is 23.0 Å². The standard InChI is InChI=1S/C29H36F3N7O2/c30-29(31,32)21-7-5-18(6-8-21)13-25(27(40)37-22-14-19-3-1-2-4-24(19)36-17-22)38-28(41)26(35)20-15-23(16-20)39(11-9-33)12-10-34/h1-8,14,17,20,23,25-26H,9-13,15-16,33-35H2,(H,37,40)(H,38,41). The van der Waals surface area contributed by atoms with Gasteiger partial charge in [-0.3, -0.25) is 19.5 Å². The lowest BCUT2D eigenvalue weighted by atomic mass is 9.74. The Morgan fingerprint density at radius 3 is 2.29 bits per heavy atom. The van der Waals surface area contributed by atoms with Gasteiger partial charge in [-0.25, -0.2) is 0 Å². The fraction of sp³-hybridized carbons (Fsp3) is 0.414. The van der Waals surface area contributed by atoms with E-state index < -0.39 is 35.6 Å². The molecule has 1 aromatic heterocycles. The molecule has 0 aliphatic heterocycles. The van der Waals surface area contributed by atoms with E-state index in [0.29, 0.717) is 50.3 Å². The van der Waals surface area contributed by atoms with E-state index in [9.17, 15) is 22.8 Å². The molecule has 0 bridgehead atoms. The number of hydrogen-bond donors (Lipinski definition) is 5. The van der Waals surface area contributed by atoms with Crippen molar-refractivity contribution in [3.63, 3.8) is 0 Å². The Morgan fingerprint density at radius 2 is 1.66 bits per heavy atom. The lowest BCUT2D eigenvalue weighted by Crippen LogP contribution is -2.58. The molecule has 12 heteroatoms. The van der Waals surface area contributed by atoms with Crippen molar-refractivity contribution in [1.82, 2.24) is 15.2 Å². The molecule has 1 aliphatic rings. The first-order valence-corrected chi connectivity index (χ1v) is 13.6. The number of halogens is 3. The summed E-state index contributed by atoms with van der Waals surface area (Å²) in [6, 6.07) is 11.9. The van der Waals surface area contributed by atoms with E-state index in [1.54, 1.807) is 6.07 Å². The van der Waals surface area contributed by atoms with E-state index in [2.05, 4.69) is 20.5 Å². The molecule has 41 heavy (non-hydrogen) atoms. The van der Waals surface area contributed by atoms with Crippen LogP contribution >= 0.6 is 0 Å². The molecule has 1 saturated carbocycles. The molecule has 2 aromatic carbocycles. The molecule has 2 unspecified atom stereocenters. The van der Waals surface area contributed by atoms with Crippen molar-refractivity contribution in [1.29, 1.82) is 0 Å². The average Bonchev–Trinajstić information content (AvgIpc) is 2.91. The van der Waals surface area contributed by atoms with E-state index in [1.807, 2.05) is 24.3 Å². The van der Waals surface area contributed by atoms with Crippen LogP contribution in [0.3, 0.4) is 0 Å². The maximum absolute atomic E-state index is 13.4. The van der Waals surface area contributed by atoms with Crippen LogP contribution in [0.2, 0.25) is 0 Å². The Bertz CT molecular complexity index is 1320. The number of nitrogens with one attached hydrogen (secondary N) is 2. The van der Waals surface area contributed by atoms with Gasteiger partial charge in [0, 0.05) is 44.0 Å². The second-order valence-corrected chi connectivity index (χ2v) is 10.4. The summed E-state index contributed by atoms with van der Waals surface area (Å²) in [6.45, 7) is 2.41. The van der Waals surface area contributed by atoms with Crippen molar-refractivity contribution in [2.24, 2.45) is 23.1 Å². The maximum Gasteiger partial charge on any atom is 0.416 e. The molecule has 1 aliphatic carbocycles. The van der Waals surface area contributed by atoms with Crippen molar-refractivity contribution in [2.45, 2.75) is 43.6 Å². The third-order valence-electron chi connectivity index (χ3n) is 7.52. The maximum atomic E-state index is 13.4. The van der Waals surface area contributed by atoms with Gasteiger partial charge in [0.2, 0.25) is 11.8 Å². The zero-order chi connectivity index (χ0) is 29.6. The van der Waals surface area contributed by atoms with E-state index in [4.69, 9.17) is 17.2 Å². The number of alkyl halides is 3.